The van der Waals surface area contributed by atoms with Gasteiger partial charge in [0.15, 0.2) is 10.8 Å². The first-order valence-corrected chi connectivity index (χ1v) is 9.86. The maximum absolute atomic E-state index is 12.5. The standard InChI is InChI=1S/C17H21N5O3S2/c1-3-25-16(24)12-9-6-4-5-7-11(9)27-15(12)20-17(26)19-10-8-22(2)21-13(10)14(18)23/h8H,3-7H2,1-2H3,(H2,18,23)(H2,19,20,26). The average Bonchev–Trinajstić information content (AvgIpc) is 3.14. The van der Waals surface area contributed by atoms with Crippen molar-refractivity contribution in [1.82, 2.24) is 9.78 Å². The lowest BCUT2D eigenvalue weighted by Crippen LogP contribution is -2.22. The number of thiophene rings is 1. The average molecular weight is 408 g/mol. The zero-order valence-corrected chi connectivity index (χ0v) is 16.8. The number of aryl methyl sites for hydroxylation is 2. The van der Waals surface area contributed by atoms with Gasteiger partial charge in [-0.1, -0.05) is 0 Å². The Hall–Kier alpha value is -2.46. The Labute approximate surface area is 166 Å². The molecule has 10 heteroatoms. The number of hydrogen-bond acceptors (Lipinski definition) is 6. The lowest BCUT2D eigenvalue weighted by Gasteiger charge is -2.13. The van der Waals surface area contributed by atoms with Gasteiger partial charge in [-0.3, -0.25) is 9.48 Å². The number of aromatic nitrogens is 2. The summed E-state index contributed by atoms with van der Waals surface area (Å²) in [4.78, 5) is 25.2. The first kappa shape index (κ1) is 19.3. The summed E-state index contributed by atoms with van der Waals surface area (Å²) >= 11 is 6.89. The normalized spacial score (nSPS) is 13.0. The summed E-state index contributed by atoms with van der Waals surface area (Å²) in [5, 5.41) is 10.9. The van der Waals surface area contributed by atoms with Crippen LogP contribution in [-0.4, -0.2) is 33.4 Å². The van der Waals surface area contributed by atoms with Crippen molar-refractivity contribution in [1.29, 1.82) is 0 Å². The number of primary amides is 1. The van der Waals surface area contributed by atoms with E-state index in [1.807, 2.05) is 0 Å². The summed E-state index contributed by atoms with van der Waals surface area (Å²) in [5.41, 5.74) is 7.45. The Morgan fingerprint density at radius 3 is 2.81 bits per heavy atom. The number of thiocarbonyl (C=S) groups is 1. The van der Waals surface area contributed by atoms with E-state index < -0.39 is 5.91 Å². The number of rotatable bonds is 5. The van der Waals surface area contributed by atoms with Crippen LogP contribution in [-0.2, 0) is 24.6 Å². The maximum Gasteiger partial charge on any atom is 0.341 e. The molecule has 0 saturated carbocycles. The number of anilines is 2. The number of carbonyl (C=O) groups excluding carboxylic acids is 2. The van der Waals surface area contributed by atoms with E-state index in [4.69, 9.17) is 22.7 Å². The summed E-state index contributed by atoms with van der Waals surface area (Å²) in [5.74, 6) is -0.999. The van der Waals surface area contributed by atoms with E-state index in [1.165, 1.54) is 20.9 Å². The molecule has 144 valence electrons. The molecule has 0 aromatic carbocycles. The number of amides is 1. The monoisotopic (exact) mass is 407 g/mol. The third kappa shape index (κ3) is 4.11. The van der Waals surface area contributed by atoms with Gasteiger partial charge in [-0.15, -0.1) is 11.3 Å². The smallest absolute Gasteiger partial charge is 0.341 e. The molecule has 0 spiro atoms. The maximum atomic E-state index is 12.5. The van der Waals surface area contributed by atoms with Gasteiger partial charge < -0.3 is 21.1 Å². The Balaban J connectivity index is 1.85. The molecular weight excluding hydrogens is 386 g/mol. The van der Waals surface area contributed by atoms with Gasteiger partial charge in [-0.25, -0.2) is 4.79 Å². The number of esters is 1. The fraction of sp³-hybridized carbons (Fsp3) is 0.412. The largest absolute Gasteiger partial charge is 0.462 e. The third-order valence-corrected chi connectivity index (χ3v) is 5.60. The summed E-state index contributed by atoms with van der Waals surface area (Å²) in [6.07, 6.45) is 5.57. The van der Waals surface area contributed by atoms with E-state index in [-0.39, 0.29) is 16.8 Å². The van der Waals surface area contributed by atoms with Crippen molar-refractivity contribution in [2.45, 2.75) is 32.6 Å². The Kier molecular flexibility index (Phi) is 5.76. The second kappa shape index (κ2) is 8.05. The van der Waals surface area contributed by atoms with Gasteiger partial charge in [-0.2, -0.15) is 5.10 Å². The van der Waals surface area contributed by atoms with Gasteiger partial charge in [0.05, 0.1) is 17.9 Å². The van der Waals surface area contributed by atoms with Gasteiger partial charge in [0, 0.05) is 18.1 Å². The van der Waals surface area contributed by atoms with Crippen LogP contribution in [0.1, 0.15) is 51.1 Å². The fourth-order valence-corrected chi connectivity index (χ4v) is 4.65. The minimum absolute atomic E-state index is 0.0951. The van der Waals surface area contributed by atoms with Crippen LogP contribution in [0, 0.1) is 0 Å². The second-order valence-corrected chi connectivity index (χ2v) is 7.66. The van der Waals surface area contributed by atoms with E-state index in [1.54, 1.807) is 20.2 Å². The van der Waals surface area contributed by atoms with Crippen molar-refractivity contribution in [3.05, 3.63) is 27.9 Å². The van der Waals surface area contributed by atoms with Crippen molar-refractivity contribution in [2.24, 2.45) is 12.8 Å². The summed E-state index contributed by atoms with van der Waals surface area (Å²) in [7, 11) is 1.68. The molecule has 2 aromatic heterocycles. The van der Waals surface area contributed by atoms with Crippen molar-refractivity contribution >= 4 is 51.2 Å². The molecule has 0 aliphatic heterocycles. The molecule has 2 aromatic rings. The Morgan fingerprint density at radius 2 is 2.11 bits per heavy atom. The van der Waals surface area contributed by atoms with E-state index in [9.17, 15) is 9.59 Å². The molecule has 0 fully saturated rings. The summed E-state index contributed by atoms with van der Waals surface area (Å²) < 4.78 is 6.71. The molecule has 0 unspecified atom stereocenters. The van der Waals surface area contributed by atoms with Gasteiger partial charge in [0.25, 0.3) is 5.91 Å². The molecule has 27 heavy (non-hydrogen) atoms. The molecule has 1 aliphatic rings. The number of nitrogens with one attached hydrogen (secondary N) is 2. The minimum atomic E-state index is -0.653. The molecule has 2 heterocycles. The lowest BCUT2D eigenvalue weighted by atomic mass is 9.95. The van der Waals surface area contributed by atoms with Gasteiger partial charge >= 0.3 is 5.97 Å². The molecule has 4 N–H and O–H groups in total. The molecule has 0 bridgehead atoms. The van der Waals surface area contributed by atoms with Gasteiger partial charge in [0.1, 0.15) is 5.00 Å². The number of nitrogens with two attached hydrogens (primary N) is 1. The zero-order chi connectivity index (χ0) is 19.6. The molecule has 8 nitrogen and oxygen atoms in total. The highest BCUT2D eigenvalue weighted by molar-refractivity contribution is 7.80. The van der Waals surface area contributed by atoms with Crippen LogP contribution >= 0.6 is 23.6 Å². The van der Waals surface area contributed by atoms with E-state index in [2.05, 4.69) is 15.7 Å². The molecular formula is C17H21N5O3S2. The van der Waals surface area contributed by atoms with Crippen LogP contribution in [0.5, 0.6) is 0 Å². The molecule has 0 atom stereocenters. The van der Waals surface area contributed by atoms with Gasteiger partial charge in [0.2, 0.25) is 0 Å². The van der Waals surface area contributed by atoms with Gasteiger partial charge in [-0.05, 0) is 50.4 Å². The fourth-order valence-electron chi connectivity index (χ4n) is 3.09. The van der Waals surface area contributed by atoms with E-state index in [0.717, 1.165) is 31.2 Å². The predicted octanol–water partition coefficient (Wildman–Crippen LogP) is 2.44. The van der Waals surface area contributed by atoms with Crippen LogP contribution in [0.15, 0.2) is 6.20 Å². The molecule has 3 rings (SSSR count). The summed E-state index contributed by atoms with van der Waals surface area (Å²) in [6.45, 7) is 2.09. The van der Waals surface area contributed by atoms with E-state index >= 15 is 0 Å². The number of ether oxygens (including phenoxy) is 1. The second-order valence-electron chi connectivity index (χ2n) is 6.14. The number of carbonyl (C=O) groups is 2. The molecule has 0 radical (unpaired) electrons. The highest BCUT2D eigenvalue weighted by atomic mass is 32.1. The van der Waals surface area contributed by atoms with Crippen molar-refractivity contribution in [3.8, 4) is 0 Å². The van der Waals surface area contributed by atoms with Crippen molar-refractivity contribution in [2.75, 3.05) is 17.2 Å². The third-order valence-electron chi connectivity index (χ3n) is 4.19. The topological polar surface area (TPSA) is 111 Å². The van der Waals surface area contributed by atoms with Crippen molar-refractivity contribution < 1.29 is 14.3 Å². The van der Waals surface area contributed by atoms with Crippen LogP contribution in [0.25, 0.3) is 0 Å². The first-order valence-electron chi connectivity index (χ1n) is 8.63. The Morgan fingerprint density at radius 1 is 1.37 bits per heavy atom. The van der Waals surface area contributed by atoms with Crippen LogP contribution in [0.3, 0.4) is 0 Å². The van der Waals surface area contributed by atoms with E-state index in [0.29, 0.717) is 22.9 Å². The highest BCUT2D eigenvalue weighted by Gasteiger charge is 2.27. The Bertz CT molecular complexity index is 903. The number of hydrogen-bond donors (Lipinski definition) is 3. The highest BCUT2D eigenvalue weighted by Crippen LogP contribution is 2.38. The first-order chi connectivity index (χ1) is 12.9. The van der Waals surface area contributed by atoms with Crippen LogP contribution in [0.2, 0.25) is 0 Å². The predicted molar refractivity (Wildman–Crippen MR) is 108 cm³/mol. The number of fused-ring (bicyclic) bond motifs is 1. The number of nitrogens with zero attached hydrogens (tertiary/aromatic N) is 2. The molecule has 1 aliphatic carbocycles. The SMILES string of the molecule is CCOC(=O)c1c(NC(=S)Nc2cn(C)nc2C(N)=O)sc2c1CCCC2. The quantitative estimate of drug-likeness (QED) is 0.516. The van der Waals surface area contributed by atoms with Crippen molar-refractivity contribution in [3.63, 3.8) is 0 Å². The molecule has 0 saturated heterocycles. The van der Waals surface area contributed by atoms with Crippen LogP contribution in [0.4, 0.5) is 10.7 Å². The van der Waals surface area contributed by atoms with Crippen LogP contribution < -0.4 is 16.4 Å². The molecule has 1 amide bonds. The lowest BCUT2D eigenvalue weighted by molar-refractivity contribution is 0.0526. The summed E-state index contributed by atoms with van der Waals surface area (Å²) in [6, 6.07) is 0. The minimum Gasteiger partial charge on any atom is -0.462 e. The zero-order valence-electron chi connectivity index (χ0n) is 15.1.